The molecule has 100 valence electrons. The Balaban J connectivity index is 2.02. The number of hydrogen-bond donors (Lipinski definition) is 2. The molecular formula is C13H19NO4. The first-order valence-corrected chi connectivity index (χ1v) is 6.18. The Morgan fingerprint density at radius 2 is 1.89 bits per heavy atom. The maximum atomic E-state index is 11.7. The van der Waals surface area contributed by atoms with Crippen LogP contribution in [0.25, 0.3) is 0 Å². The minimum atomic E-state index is -0.854. The number of nitrogens with one attached hydrogen (secondary N) is 1. The van der Waals surface area contributed by atoms with E-state index in [-0.39, 0.29) is 17.9 Å². The lowest BCUT2D eigenvalue weighted by atomic mass is 9.89. The second kappa shape index (κ2) is 4.30. The quantitative estimate of drug-likeness (QED) is 0.736. The number of carboxylic acids is 1. The van der Waals surface area contributed by atoms with Gasteiger partial charge in [-0.25, -0.2) is 4.79 Å². The Labute approximate surface area is 106 Å². The summed E-state index contributed by atoms with van der Waals surface area (Å²) in [4.78, 5) is 23.0. The number of carbonyl (C=O) groups excluding carboxylic acids is 1. The molecule has 4 atom stereocenters. The summed E-state index contributed by atoms with van der Waals surface area (Å²) >= 11 is 0. The van der Waals surface area contributed by atoms with E-state index < -0.39 is 23.6 Å². The van der Waals surface area contributed by atoms with Crippen molar-refractivity contribution < 1.29 is 19.4 Å². The van der Waals surface area contributed by atoms with Gasteiger partial charge in [0.1, 0.15) is 5.60 Å². The Morgan fingerprint density at radius 3 is 2.44 bits per heavy atom. The predicted octanol–water partition coefficient (Wildman–Crippen LogP) is 1.79. The molecule has 0 saturated heterocycles. The number of amides is 1. The van der Waals surface area contributed by atoms with E-state index in [1.54, 1.807) is 20.8 Å². The van der Waals surface area contributed by atoms with Crippen LogP contribution in [0.5, 0.6) is 0 Å². The average molecular weight is 253 g/mol. The van der Waals surface area contributed by atoms with Crippen molar-refractivity contribution in [1.29, 1.82) is 0 Å². The van der Waals surface area contributed by atoms with E-state index in [0.717, 1.165) is 6.42 Å². The lowest BCUT2D eigenvalue weighted by Gasteiger charge is -2.27. The number of allylic oxidation sites excluding steroid dienone is 1. The third kappa shape index (κ3) is 2.49. The predicted molar refractivity (Wildman–Crippen MR) is 65.0 cm³/mol. The van der Waals surface area contributed by atoms with Crippen LogP contribution >= 0.6 is 0 Å². The molecule has 0 spiro atoms. The van der Waals surface area contributed by atoms with Crippen LogP contribution < -0.4 is 5.32 Å². The summed E-state index contributed by atoms with van der Waals surface area (Å²) in [5, 5.41) is 11.9. The van der Waals surface area contributed by atoms with Crippen LogP contribution in [0.15, 0.2) is 12.2 Å². The van der Waals surface area contributed by atoms with Gasteiger partial charge in [-0.15, -0.1) is 0 Å². The molecule has 0 radical (unpaired) electrons. The maximum absolute atomic E-state index is 11.7. The monoisotopic (exact) mass is 253 g/mol. The molecule has 2 rings (SSSR count). The van der Waals surface area contributed by atoms with Crippen molar-refractivity contribution in [2.75, 3.05) is 0 Å². The first-order valence-electron chi connectivity index (χ1n) is 6.18. The second-order valence-electron chi connectivity index (χ2n) is 5.98. The molecule has 0 aromatic carbocycles. The Hall–Kier alpha value is -1.52. The van der Waals surface area contributed by atoms with Crippen LogP contribution in [0.4, 0.5) is 4.79 Å². The highest BCUT2D eigenvalue weighted by molar-refractivity contribution is 5.75. The van der Waals surface area contributed by atoms with Crippen LogP contribution in [0.1, 0.15) is 27.2 Å². The molecule has 5 heteroatoms. The maximum Gasteiger partial charge on any atom is 0.407 e. The number of hydrogen-bond acceptors (Lipinski definition) is 3. The lowest BCUT2D eigenvalue weighted by molar-refractivity contribution is -0.143. The average Bonchev–Trinajstić information content (AvgIpc) is 2.73. The number of aliphatic carboxylic acids is 1. The van der Waals surface area contributed by atoms with Gasteiger partial charge >= 0.3 is 12.1 Å². The van der Waals surface area contributed by atoms with Crippen LogP contribution in [0.2, 0.25) is 0 Å². The fourth-order valence-corrected chi connectivity index (χ4v) is 2.80. The van der Waals surface area contributed by atoms with Crippen molar-refractivity contribution in [2.45, 2.75) is 38.8 Å². The summed E-state index contributed by atoms with van der Waals surface area (Å²) in [7, 11) is 0. The summed E-state index contributed by atoms with van der Waals surface area (Å²) in [6, 6.07) is -0.354. The number of rotatable bonds is 2. The van der Waals surface area contributed by atoms with Crippen molar-refractivity contribution in [3.05, 3.63) is 12.2 Å². The van der Waals surface area contributed by atoms with Gasteiger partial charge in [0.05, 0.1) is 12.0 Å². The molecule has 1 amide bonds. The Morgan fingerprint density at radius 1 is 1.28 bits per heavy atom. The summed E-state index contributed by atoms with van der Waals surface area (Å²) in [6.45, 7) is 5.34. The summed E-state index contributed by atoms with van der Waals surface area (Å²) in [6.07, 6.45) is 4.19. The topological polar surface area (TPSA) is 75.6 Å². The molecular weight excluding hydrogens is 234 g/mol. The molecule has 1 fully saturated rings. The van der Waals surface area contributed by atoms with Crippen molar-refractivity contribution in [1.82, 2.24) is 5.32 Å². The Kier molecular flexibility index (Phi) is 3.09. The number of alkyl carbamates (subject to hydrolysis) is 1. The number of ether oxygens (including phenoxy) is 1. The fourth-order valence-electron chi connectivity index (χ4n) is 2.80. The van der Waals surface area contributed by atoms with Crippen molar-refractivity contribution >= 4 is 12.1 Å². The van der Waals surface area contributed by atoms with E-state index in [9.17, 15) is 14.7 Å². The summed E-state index contributed by atoms with van der Waals surface area (Å²) < 4.78 is 5.17. The molecule has 1 saturated carbocycles. The van der Waals surface area contributed by atoms with E-state index >= 15 is 0 Å². The van der Waals surface area contributed by atoms with Gasteiger partial charge in [-0.1, -0.05) is 12.2 Å². The highest BCUT2D eigenvalue weighted by Gasteiger charge is 2.49. The fraction of sp³-hybridized carbons (Fsp3) is 0.692. The van der Waals surface area contributed by atoms with Gasteiger partial charge in [-0.3, -0.25) is 4.79 Å². The van der Waals surface area contributed by atoms with Gasteiger partial charge in [0.2, 0.25) is 0 Å². The molecule has 18 heavy (non-hydrogen) atoms. The van der Waals surface area contributed by atoms with E-state index in [1.165, 1.54) is 0 Å². The molecule has 2 bridgehead atoms. The molecule has 2 aliphatic carbocycles. The smallest absolute Gasteiger partial charge is 0.407 e. The van der Waals surface area contributed by atoms with Gasteiger partial charge in [0.25, 0.3) is 0 Å². The van der Waals surface area contributed by atoms with E-state index in [4.69, 9.17) is 4.74 Å². The van der Waals surface area contributed by atoms with E-state index in [0.29, 0.717) is 0 Å². The molecule has 0 unspecified atom stereocenters. The molecule has 0 aliphatic heterocycles. The van der Waals surface area contributed by atoms with Gasteiger partial charge in [-0.05, 0) is 39.0 Å². The standard InChI is InChI=1S/C13H19NO4/c1-13(2,3)18-12(17)14-10-8-5-4-7(6-8)9(10)11(15)16/h4-5,7-10H,6H2,1-3H3,(H,14,17)(H,15,16)/t7-,8-,9+,10-/m0/s1. The molecule has 2 aliphatic rings. The second-order valence-corrected chi connectivity index (χ2v) is 5.98. The van der Waals surface area contributed by atoms with Crippen molar-refractivity contribution in [3.8, 4) is 0 Å². The molecule has 0 aromatic rings. The van der Waals surface area contributed by atoms with Gasteiger partial charge in [0, 0.05) is 0 Å². The Bertz CT molecular complexity index is 396. The normalized spacial score (nSPS) is 33.5. The number of carboxylic acid groups (broad SMARTS) is 1. The zero-order valence-electron chi connectivity index (χ0n) is 10.8. The molecule has 2 N–H and O–H groups in total. The summed E-state index contributed by atoms with van der Waals surface area (Å²) in [5.41, 5.74) is -0.573. The highest BCUT2D eigenvalue weighted by Crippen LogP contribution is 2.43. The van der Waals surface area contributed by atoms with E-state index in [2.05, 4.69) is 5.32 Å². The van der Waals surface area contributed by atoms with Gasteiger partial charge < -0.3 is 15.2 Å². The number of carbonyl (C=O) groups is 2. The van der Waals surface area contributed by atoms with Crippen molar-refractivity contribution in [2.24, 2.45) is 17.8 Å². The molecule has 0 heterocycles. The zero-order valence-corrected chi connectivity index (χ0v) is 10.8. The lowest BCUT2D eigenvalue weighted by Crippen LogP contribution is -2.47. The van der Waals surface area contributed by atoms with Gasteiger partial charge in [-0.2, -0.15) is 0 Å². The van der Waals surface area contributed by atoms with Crippen LogP contribution in [-0.2, 0) is 9.53 Å². The largest absolute Gasteiger partial charge is 0.481 e. The zero-order chi connectivity index (χ0) is 13.5. The van der Waals surface area contributed by atoms with Crippen molar-refractivity contribution in [3.63, 3.8) is 0 Å². The number of fused-ring (bicyclic) bond motifs is 2. The van der Waals surface area contributed by atoms with Crippen LogP contribution in [-0.4, -0.2) is 28.8 Å². The SMILES string of the molecule is CC(C)(C)OC(=O)N[C@@H]1[C@H](C(=O)O)[C@H]2C=C[C@H]1C2. The molecule has 0 aromatic heterocycles. The summed E-state index contributed by atoms with van der Waals surface area (Å²) in [5.74, 6) is -1.24. The first kappa shape index (κ1) is 12.9. The van der Waals surface area contributed by atoms with Crippen LogP contribution in [0.3, 0.4) is 0 Å². The van der Waals surface area contributed by atoms with Gasteiger partial charge in [0.15, 0.2) is 0 Å². The minimum Gasteiger partial charge on any atom is -0.481 e. The third-order valence-electron chi connectivity index (χ3n) is 3.43. The molecule has 5 nitrogen and oxygen atoms in total. The highest BCUT2D eigenvalue weighted by atomic mass is 16.6. The third-order valence-corrected chi connectivity index (χ3v) is 3.43. The minimum absolute atomic E-state index is 0.0347. The first-order chi connectivity index (χ1) is 8.28. The van der Waals surface area contributed by atoms with Crippen LogP contribution in [0, 0.1) is 17.8 Å². The van der Waals surface area contributed by atoms with E-state index in [1.807, 2.05) is 12.2 Å².